The van der Waals surface area contributed by atoms with Gasteiger partial charge in [0.05, 0.1) is 31.1 Å². The lowest BCUT2D eigenvalue weighted by Gasteiger charge is -2.21. The zero-order chi connectivity index (χ0) is 22.4. The Kier molecular flexibility index (Phi) is 4.74. The van der Waals surface area contributed by atoms with Crippen molar-refractivity contribution in [3.05, 3.63) is 54.0 Å². The van der Waals surface area contributed by atoms with Gasteiger partial charge < -0.3 is 19.8 Å². The lowest BCUT2D eigenvalue weighted by atomic mass is 10.0. The van der Waals surface area contributed by atoms with Crippen molar-refractivity contribution in [2.24, 2.45) is 0 Å². The predicted molar refractivity (Wildman–Crippen MR) is 111 cm³/mol. The summed E-state index contributed by atoms with van der Waals surface area (Å²) in [4.78, 5) is 30.8. The number of nitrogens with zero attached hydrogens (tertiary/aromatic N) is 6. The lowest BCUT2D eigenvalue weighted by Crippen LogP contribution is -2.41. The van der Waals surface area contributed by atoms with Crippen LogP contribution in [0.15, 0.2) is 42.7 Å². The molecule has 3 aromatic rings. The van der Waals surface area contributed by atoms with Gasteiger partial charge in [-0.15, -0.1) is 5.10 Å². The molecule has 1 saturated heterocycles. The number of pyridine rings is 1. The molecule has 2 atom stereocenters. The Bertz CT molecular complexity index is 1190. The van der Waals surface area contributed by atoms with Gasteiger partial charge in [-0.25, -0.2) is 19.3 Å². The molecular weight excluding hydrogens is 416 g/mol. The van der Waals surface area contributed by atoms with Crippen LogP contribution in [0.5, 0.6) is 0 Å². The summed E-state index contributed by atoms with van der Waals surface area (Å²) in [6.45, 7) is -0.0685. The first-order valence-electron chi connectivity index (χ1n) is 10.0. The number of anilines is 1. The van der Waals surface area contributed by atoms with E-state index in [1.165, 1.54) is 11.7 Å². The maximum Gasteiger partial charge on any atom is 0.415 e. The van der Waals surface area contributed by atoms with Crippen LogP contribution in [-0.2, 0) is 17.8 Å². The maximum absolute atomic E-state index is 12.4. The second-order valence-electron chi connectivity index (χ2n) is 7.79. The van der Waals surface area contributed by atoms with Crippen LogP contribution in [0.3, 0.4) is 0 Å². The van der Waals surface area contributed by atoms with Crippen molar-refractivity contribution in [3.63, 3.8) is 0 Å². The van der Waals surface area contributed by atoms with E-state index in [9.17, 15) is 9.59 Å². The van der Waals surface area contributed by atoms with E-state index in [1.54, 1.807) is 17.3 Å². The number of amides is 2. The van der Waals surface area contributed by atoms with Gasteiger partial charge in [-0.2, -0.15) is 0 Å². The summed E-state index contributed by atoms with van der Waals surface area (Å²) < 4.78 is 6.92. The molecule has 4 heterocycles. The average molecular weight is 436 g/mol. The molecule has 2 amide bonds. The Hall–Kier alpha value is -3.99. The molecule has 1 fully saturated rings. The van der Waals surface area contributed by atoms with Crippen LogP contribution in [0.25, 0.3) is 16.9 Å². The third-order valence-corrected chi connectivity index (χ3v) is 5.78. The van der Waals surface area contributed by atoms with Crippen LogP contribution in [0, 0.1) is 0 Å². The van der Waals surface area contributed by atoms with Crippen molar-refractivity contribution < 1.29 is 24.5 Å². The van der Waals surface area contributed by atoms with Gasteiger partial charge in [-0.05, 0) is 41.8 Å². The minimum absolute atomic E-state index is 0.120. The third-order valence-electron chi connectivity index (χ3n) is 5.78. The second-order valence-corrected chi connectivity index (χ2v) is 7.79. The minimum Gasteiger partial charge on any atom is -0.465 e. The number of aromatic nitrogens is 4. The van der Waals surface area contributed by atoms with Gasteiger partial charge in [-0.1, -0.05) is 11.3 Å². The van der Waals surface area contributed by atoms with Crippen LogP contribution >= 0.6 is 0 Å². The number of rotatable bonds is 5. The minimum atomic E-state index is -1.06. The molecule has 11 nitrogen and oxygen atoms in total. The average Bonchev–Trinajstić information content (AvgIpc) is 3.49. The normalized spacial score (nSPS) is 18.9. The zero-order valence-corrected chi connectivity index (χ0v) is 17.1. The standard InChI is InChI=1S/C21H20N6O5/c1-25(20(29)30)10-18-17-7-14-6-12(2-4-16(14)27(17)21(31)32-18)13-3-5-19(22-8-13)26-9-15(11-28)23-24-26/h2-6,8-9,17-18,28H,7,10-11H2,1H3,(H,29,30)/t17-,18-/m0/s1. The van der Waals surface area contributed by atoms with Gasteiger partial charge in [0.15, 0.2) is 5.82 Å². The van der Waals surface area contributed by atoms with E-state index in [2.05, 4.69) is 15.3 Å². The third kappa shape index (κ3) is 3.32. The SMILES string of the molecule is CN(C[C@@H]1OC(=O)N2c3ccc(-c4ccc(-n5cc(CO)nn5)nc4)cc3C[C@@H]12)C(=O)O. The number of hydrogen-bond acceptors (Lipinski definition) is 7. The van der Waals surface area contributed by atoms with Crippen molar-refractivity contribution in [1.29, 1.82) is 0 Å². The number of benzene rings is 1. The zero-order valence-electron chi connectivity index (χ0n) is 17.1. The number of carboxylic acid groups (broad SMARTS) is 1. The number of cyclic esters (lactones) is 1. The first kappa shape index (κ1) is 19.9. The fourth-order valence-electron chi connectivity index (χ4n) is 4.14. The molecular formula is C21H20N6O5. The molecule has 0 spiro atoms. The van der Waals surface area contributed by atoms with E-state index in [0.717, 1.165) is 27.3 Å². The molecule has 0 bridgehead atoms. The van der Waals surface area contributed by atoms with E-state index < -0.39 is 18.3 Å². The molecule has 0 radical (unpaired) electrons. The number of carbonyl (C=O) groups is 2. The largest absolute Gasteiger partial charge is 0.465 e. The van der Waals surface area contributed by atoms with Gasteiger partial charge in [0, 0.05) is 18.8 Å². The van der Waals surface area contributed by atoms with E-state index in [-0.39, 0.29) is 19.2 Å². The summed E-state index contributed by atoms with van der Waals surface area (Å²) in [5.74, 6) is 0.580. The van der Waals surface area contributed by atoms with Crippen molar-refractivity contribution in [2.75, 3.05) is 18.5 Å². The molecule has 2 aliphatic rings. The first-order valence-corrected chi connectivity index (χ1v) is 10.0. The van der Waals surface area contributed by atoms with Crippen LogP contribution in [0.1, 0.15) is 11.3 Å². The summed E-state index contributed by atoms with van der Waals surface area (Å²) in [6.07, 6.45) is 1.89. The van der Waals surface area contributed by atoms with E-state index in [1.807, 2.05) is 30.3 Å². The van der Waals surface area contributed by atoms with Crippen molar-refractivity contribution in [1.82, 2.24) is 24.9 Å². The highest BCUT2D eigenvalue weighted by molar-refractivity contribution is 5.94. The molecule has 2 aliphatic heterocycles. The second kappa shape index (κ2) is 7.61. The summed E-state index contributed by atoms with van der Waals surface area (Å²) in [5, 5.41) is 26.0. The smallest absolute Gasteiger partial charge is 0.415 e. The summed E-state index contributed by atoms with van der Waals surface area (Å²) in [6, 6.07) is 9.32. The highest BCUT2D eigenvalue weighted by atomic mass is 16.6. The molecule has 2 N–H and O–H groups in total. The molecule has 2 aromatic heterocycles. The lowest BCUT2D eigenvalue weighted by molar-refractivity contribution is 0.0961. The van der Waals surface area contributed by atoms with Gasteiger partial charge in [0.25, 0.3) is 0 Å². The van der Waals surface area contributed by atoms with Crippen LogP contribution in [0.2, 0.25) is 0 Å². The number of aliphatic hydroxyl groups excluding tert-OH is 1. The van der Waals surface area contributed by atoms with Gasteiger partial charge in [-0.3, -0.25) is 4.90 Å². The van der Waals surface area contributed by atoms with Gasteiger partial charge in [0.1, 0.15) is 11.8 Å². The number of hydrogen-bond donors (Lipinski definition) is 2. The topological polar surface area (TPSA) is 134 Å². The monoisotopic (exact) mass is 436 g/mol. The Morgan fingerprint density at radius 2 is 2.09 bits per heavy atom. The Labute approximate surface area is 182 Å². The van der Waals surface area contributed by atoms with Gasteiger partial charge in [0.2, 0.25) is 0 Å². The van der Waals surface area contributed by atoms with E-state index in [4.69, 9.17) is 14.9 Å². The summed E-state index contributed by atoms with van der Waals surface area (Å²) in [7, 11) is 1.46. The Morgan fingerprint density at radius 1 is 1.28 bits per heavy atom. The molecule has 32 heavy (non-hydrogen) atoms. The van der Waals surface area contributed by atoms with Gasteiger partial charge >= 0.3 is 12.2 Å². The molecule has 1 aromatic carbocycles. The Morgan fingerprint density at radius 3 is 2.78 bits per heavy atom. The van der Waals surface area contributed by atoms with Crippen molar-refractivity contribution >= 4 is 17.9 Å². The molecule has 0 aliphatic carbocycles. The predicted octanol–water partition coefficient (Wildman–Crippen LogP) is 1.68. The highest BCUT2D eigenvalue weighted by Crippen LogP contribution is 2.40. The van der Waals surface area contributed by atoms with E-state index in [0.29, 0.717) is 17.9 Å². The fraction of sp³-hybridized carbons (Fsp3) is 0.286. The number of carbonyl (C=O) groups excluding carboxylic acids is 1. The quantitative estimate of drug-likeness (QED) is 0.617. The molecule has 11 heteroatoms. The summed E-state index contributed by atoms with van der Waals surface area (Å²) >= 11 is 0. The fourth-order valence-corrected chi connectivity index (χ4v) is 4.14. The number of likely N-dealkylation sites (N-methyl/N-ethyl adjacent to an activating group) is 1. The van der Waals surface area contributed by atoms with Crippen molar-refractivity contribution in [2.45, 2.75) is 25.2 Å². The number of aliphatic hydroxyl groups is 1. The molecule has 5 rings (SSSR count). The molecule has 164 valence electrons. The van der Waals surface area contributed by atoms with Crippen LogP contribution in [-0.4, -0.2) is 73.0 Å². The number of fused-ring (bicyclic) bond motifs is 3. The Balaban J connectivity index is 1.37. The first-order chi connectivity index (χ1) is 15.4. The number of ether oxygens (including phenoxy) is 1. The molecule has 0 unspecified atom stereocenters. The van der Waals surface area contributed by atoms with E-state index >= 15 is 0 Å². The van der Waals surface area contributed by atoms with Crippen LogP contribution in [0.4, 0.5) is 15.3 Å². The highest BCUT2D eigenvalue weighted by Gasteiger charge is 2.48. The maximum atomic E-state index is 12.4. The summed E-state index contributed by atoms with van der Waals surface area (Å²) in [5.41, 5.74) is 4.09. The van der Waals surface area contributed by atoms with Crippen LogP contribution < -0.4 is 4.90 Å². The molecule has 0 saturated carbocycles. The van der Waals surface area contributed by atoms with Crippen molar-refractivity contribution in [3.8, 4) is 16.9 Å².